The number of methoxy groups -OCH3 is 1. The number of rotatable bonds is 8. The molecule has 0 fully saturated rings. The Morgan fingerprint density at radius 1 is 1.04 bits per heavy atom. The third kappa shape index (κ3) is 5.93. The smallest absolute Gasteiger partial charge is 0.251 e. The molecule has 2 aromatic carbocycles. The van der Waals surface area contributed by atoms with E-state index >= 15 is 0 Å². The van der Waals surface area contributed by atoms with E-state index in [0.717, 1.165) is 0 Å². The molecule has 0 bridgehead atoms. The Morgan fingerprint density at radius 2 is 1.64 bits per heavy atom. The lowest BCUT2D eigenvalue weighted by Crippen LogP contribution is -2.38. The van der Waals surface area contributed by atoms with E-state index in [4.69, 9.17) is 9.84 Å². The first-order chi connectivity index (χ1) is 13.2. The summed E-state index contributed by atoms with van der Waals surface area (Å²) < 4.78 is 5.15. The lowest BCUT2D eigenvalue weighted by Gasteiger charge is -2.20. The largest absolute Gasteiger partial charge is 0.497 e. The summed E-state index contributed by atoms with van der Waals surface area (Å²) in [5.74, 6) is -0.0868. The first kappa shape index (κ1) is 21.7. The molecule has 0 aliphatic heterocycles. The molecule has 0 spiro atoms. The minimum absolute atomic E-state index is 0.0646. The third-order valence-corrected chi connectivity index (χ3v) is 6.44. The van der Waals surface area contributed by atoms with Gasteiger partial charge in [0.05, 0.1) is 21.8 Å². The number of carbonyl (C=O) groups excluding carboxylic acids is 2. The van der Waals surface area contributed by atoms with Crippen molar-refractivity contribution in [2.45, 2.75) is 32.1 Å². The van der Waals surface area contributed by atoms with Gasteiger partial charge in [0.2, 0.25) is 5.91 Å². The van der Waals surface area contributed by atoms with Gasteiger partial charge in [0.1, 0.15) is 11.8 Å². The summed E-state index contributed by atoms with van der Waals surface area (Å²) in [6.07, 6.45) is -0.0646. The van der Waals surface area contributed by atoms with Gasteiger partial charge in [-0.1, -0.05) is 49.1 Å². The van der Waals surface area contributed by atoms with Crippen LogP contribution in [-0.4, -0.2) is 38.7 Å². The van der Waals surface area contributed by atoms with E-state index in [1.807, 2.05) is 24.3 Å². The van der Waals surface area contributed by atoms with Crippen molar-refractivity contribution in [3.8, 4) is 5.75 Å². The minimum Gasteiger partial charge on any atom is -0.497 e. The first-order valence-electron chi connectivity index (χ1n) is 9.20. The summed E-state index contributed by atoms with van der Waals surface area (Å²) in [7, 11) is 0.146. The van der Waals surface area contributed by atoms with Crippen molar-refractivity contribution < 1.29 is 19.4 Å². The predicted molar refractivity (Wildman–Crippen MR) is 114 cm³/mol. The molecule has 0 aliphatic carbocycles. The van der Waals surface area contributed by atoms with E-state index in [-0.39, 0.29) is 18.9 Å². The van der Waals surface area contributed by atoms with E-state index in [2.05, 4.69) is 30.3 Å². The number of anilines is 1. The quantitative estimate of drug-likeness (QED) is 0.594. The van der Waals surface area contributed by atoms with Gasteiger partial charge in [-0.2, -0.15) is 0 Å². The predicted octanol–water partition coefficient (Wildman–Crippen LogP) is 2.42. The zero-order valence-electron chi connectivity index (χ0n) is 16.8. The molecular formula is C21H28N2O4Si. The van der Waals surface area contributed by atoms with Crippen LogP contribution in [-0.2, 0) is 9.59 Å². The van der Waals surface area contributed by atoms with Crippen molar-refractivity contribution in [2.24, 2.45) is 0 Å². The maximum absolute atomic E-state index is 12.9. The molecule has 0 saturated carbocycles. The van der Waals surface area contributed by atoms with Crippen molar-refractivity contribution in [3.05, 3.63) is 54.1 Å². The van der Waals surface area contributed by atoms with Gasteiger partial charge in [0.25, 0.3) is 5.91 Å². The molecule has 2 rings (SSSR count). The van der Waals surface area contributed by atoms with Crippen LogP contribution in [0.15, 0.2) is 48.5 Å². The standard InChI is InChI=1S/C21H28N2O4Si/c1-27-17-9-5-15(6-10-17)20(23-19(25)13-14-24)21(26)22-16-7-11-18(12-8-16)28(2,3)4/h5-12,20,24H,13-14H2,1-4H3,(H,22,26)(H,23,25). The van der Waals surface area contributed by atoms with Crippen LogP contribution in [0.25, 0.3) is 0 Å². The van der Waals surface area contributed by atoms with Crippen LogP contribution in [0, 0.1) is 0 Å². The number of carbonyl (C=O) groups is 2. The molecule has 2 aromatic rings. The second-order valence-electron chi connectivity index (χ2n) is 7.56. The number of amides is 2. The van der Waals surface area contributed by atoms with Gasteiger partial charge in [-0.25, -0.2) is 0 Å². The van der Waals surface area contributed by atoms with Crippen molar-refractivity contribution in [1.82, 2.24) is 5.32 Å². The summed E-state index contributed by atoms with van der Waals surface area (Å²) in [6.45, 7) is 6.51. The maximum Gasteiger partial charge on any atom is 0.251 e. The number of hydrogen-bond donors (Lipinski definition) is 3. The highest BCUT2D eigenvalue weighted by molar-refractivity contribution is 6.88. The summed E-state index contributed by atoms with van der Waals surface area (Å²) in [6, 6.07) is 13.9. The van der Waals surface area contributed by atoms with Gasteiger partial charge in [0, 0.05) is 12.1 Å². The van der Waals surface area contributed by atoms with E-state index in [9.17, 15) is 9.59 Å². The minimum atomic E-state index is -1.42. The maximum atomic E-state index is 12.9. The molecule has 1 unspecified atom stereocenters. The number of aliphatic hydroxyl groups excluding tert-OH is 1. The topological polar surface area (TPSA) is 87.7 Å². The Hall–Kier alpha value is -2.64. The summed E-state index contributed by atoms with van der Waals surface area (Å²) in [4.78, 5) is 24.9. The number of aliphatic hydroxyl groups is 1. The molecule has 2 amide bonds. The number of benzene rings is 2. The van der Waals surface area contributed by atoms with Crippen LogP contribution < -0.4 is 20.6 Å². The van der Waals surface area contributed by atoms with Crippen molar-refractivity contribution >= 4 is 30.8 Å². The Balaban J connectivity index is 2.21. The monoisotopic (exact) mass is 400 g/mol. The molecule has 1 atom stereocenters. The fourth-order valence-corrected chi connectivity index (χ4v) is 3.87. The Kier molecular flexibility index (Phi) is 7.36. The number of ether oxygens (including phenoxy) is 1. The highest BCUT2D eigenvalue weighted by Crippen LogP contribution is 2.20. The SMILES string of the molecule is COc1ccc(C(NC(=O)CCO)C(=O)Nc2ccc([Si](C)(C)C)cc2)cc1. The van der Waals surface area contributed by atoms with Gasteiger partial charge in [-0.3, -0.25) is 9.59 Å². The highest BCUT2D eigenvalue weighted by Gasteiger charge is 2.23. The van der Waals surface area contributed by atoms with Crippen molar-refractivity contribution in [1.29, 1.82) is 0 Å². The first-order valence-corrected chi connectivity index (χ1v) is 12.7. The Labute approximate surface area is 166 Å². The average Bonchev–Trinajstić information content (AvgIpc) is 2.66. The van der Waals surface area contributed by atoms with Crippen LogP contribution in [0.4, 0.5) is 5.69 Å². The van der Waals surface area contributed by atoms with E-state index in [1.54, 1.807) is 31.4 Å². The Morgan fingerprint density at radius 3 is 2.14 bits per heavy atom. The molecule has 150 valence electrons. The molecule has 0 heterocycles. The number of hydrogen-bond acceptors (Lipinski definition) is 4. The van der Waals surface area contributed by atoms with Gasteiger partial charge in [0.15, 0.2) is 0 Å². The number of nitrogens with one attached hydrogen (secondary N) is 2. The Bertz CT molecular complexity index is 799. The molecule has 6 nitrogen and oxygen atoms in total. The van der Waals surface area contributed by atoms with Gasteiger partial charge in [-0.05, 0) is 29.8 Å². The van der Waals surface area contributed by atoms with Gasteiger partial charge >= 0.3 is 0 Å². The average molecular weight is 401 g/mol. The highest BCUT2D eigenvalue weighted by atomic mass is 28.3. The molecule has 0 saturated heterocycles. The van der Waals surface area contributed by atoms with Crippen LogP contribution in [0.1, 0.15) is 18.0 Å². The summed E-state index contributed by atoms with van der Waals surface area (Å²) >= 11 is 0. The second kappa shape index (κ2) is 9.52. The molecule has 0 aromatic heterocycles. The van der Waals surface area contributed by atoms with Crippen LogP contribution in [0.3, 0.4) is 0 Å². The van der Waals surface area contributed by atoms with Crippen LogP contribution in [0.5, 0.6) is 5.75 Å². The summed E-state index contributed by atoms with van der Waals surface area (Å²) in [5.41, 5.74) is 1.30. The van der Waals surface area contributed by atoms with Gasteiger partial charge < -0.3 is 20.5 Å². The van der Waals surface area contributed by atoms with E-state index in [0.29, 0.717) is 17.0 Å². The van der Waals surface area contributed by atoms with Crippen molar-refractivity contribution in [2.75, 3.05) is 19.0 Å². The van der Waals surface area contributed by atoms with Crippen LogP contribution in [0.2, 0.25) is 19.6 Å². The van der Waals surface area contributed by atoms with Crippen molar-refractivity contribution in [3.63, 3.8) is 0 Å². The van der Waals surface area contributed by atoms with E-state index in [1.165, 1.54) is 5.19 Å². The normalized spacial score (nSPS) is 12.2. The fraction of sp³-hybridized carbons (Fsp3) is 0.333. The lowest BCUT2D eigenvalue weighted by atomic mass is 10.1. The molecular weight excluding hydrogens is 372 g/mol. The van der Waals surface area contributed by atoms with E-state index < -0.39 is 20.0 Å². The third-order valence-electron chi connectivity index (χ3n) is 4.37. The zero-order chi connectivity index (χ0) is 20.7. The fourth-order valence-electron chi connectivity index (χ4n) is 2.70. The molecule has 3 N–H and O–H groups in total. The van der Waals surface area contributed by atoms with Gasteiger partial charge in [-0.15, -0.1) is 0 Å². The van der Waals surface area contributed by atoms with Crippen LogP contribution >= 0.6 is 0 Å². The lowest BCUT2D eigenvalue weighted by molar-refractivity contribution is -0.127. The summed E-state index contributed by atoms with van der Waals surface area (Å²) in [5, 5.41) is 15.8. The molecule has 7 heteroatoms. The molecule has 0 aliphatic rings. The molecule has 28 heavy (non-hydrogen) atoms. The molecule has 0 radical (unpaired) electrons. The zero-order valence-corrected chi connectivity index (χ0v) is 17.8. The second-order valence-corrected chi connectivity index (χ2v) is 12.6.